The number of hydrogen-bond donors (Lipinski definition) is 3. The Morgan fingerprint density at radius 1 is 1.50 bits per heavy atom. The minimum Gasteiger partial charge on any atom is -0.507 e. The zero-order valence-electron chi connectivity index (χ0n) is 7.66. The molecule has 1 aromatic rings. The fraction of sp³-hybridized carbons (Fsp3) is 0.300. The third kappa shape index (κ3) is 1.24. The molecule has 4 nitrogen and oxygen atoms in total. The number of carbonyl (C=O) groups excluding carboxylic acids is 1. The minimum atomic E-state index is -0.621. The maximum atomic E-state index is 10.9. The third-order valence-corrected chi connectivity index (χ3v) is 2.65. The lowest BCUT2D eigenvalue weighted by Gasteiger charge is -2.07. The van der Waals surface area contributed by atoms with Gasteiger partial charge in [-0.15, -0.1) is 0 Å². The average Bonchev–Trinajstić information content (AvgIpc) is 2.46. The number of benzene rings is 1. The summed E-state index contributed by atoms with van der Waals surface area (Å²) in [5, 5.41) is 9.49. The van der Waals surface area contributed by atoms with Gasteiger partial charge in [0, 0.05) is 6.04 Å². The molecular formula is C10H12N2O2. The van der Waals surface area contributed by atoms with Crippen LogP contribution < -0.4 is 11.5 Å². The average molecular weight is 192 g/mol. The van der Waals surface area contributed by atoms with Crippen molar-refractivity contribution in [3.05, 3.63) is 28.8 Å². The molecule has 1 aromatic carbocycles. The number of amides is 1. The Hall–Kier alpha value is -1.55. The highest BCUT2D eigenvalue weighted by atomic mass is 16.3. The fourth-order valence-corrected chi connectivity index (χ4v) is 1.87. The number of aryl methyl sites for hydroxylation is 1. The van der Waals surface area contributed by atoms with E-state index < -0.39 is 5.91 Å². The van der Waals surface area contributed by atoms with Gasteiger partial charge >= 0.3 is 0 Å². The van der Waals surface area contributed by atoms with Gasteiger partial charge in [-0.05, 0) is 36.1 Å². The van der Waals surface area contributed by atoms with Crippen LogP contribution in [0.4, 0.5) is 0 Å². The van der Waals surface area contributed by atoms with Gasteiger partial charge < -0.3 is 16.6 Å². The second kappa shape index (κ2) is 2.99. The van der Waals surface area contributed by atoms with Crippen molar-refractivity contribution >= 4 is 5.91 Å². The molecule has 0 aliphatic heterocycles. The Morgan fingerprint density at radius 2 is 2.21 bits per heavy atom. The highest BCUT2D eigenvalue weighted by molar-refractivity contribution is 5.96. The second-order valence-electron chi connectivity index (χ2n) is 3.58. The van der Waals surface area contributed by atoms with Crippen molar-refractivity contribution < 1.29 is 9.90 Å². The summed E-state index contributed by atoms with van der Waals surface area (Å²) >= 11 is 0. The second-order valence-corrected chi connectivity index (χ2v) is 3.58. The summed E-state index contributed by atoms with van der Waals surface area (Å²) in [4.78, 5) is 10.9. The first-order chi connectivity index (χ1) is 6.59. The molecule has 0 aromatic heterocycles. The van der Waals surface area contributed by atoms with Gasteiger partial charge in [0.25, 0.3) is 5.91 Å². The highest BCUT2D eigenvalue weighted by Crippen LogP contribution is 2.33. The molecular weight excluding hydrogens is 180 g/mol. The molecule has 0 heterocycles. The van der Waals surface area contributed by atoms with Crippen molar-refractivity contribution in [2.24, 2.45) is 11.5 Å². The lowest BCUT2D eigenvalue weighted by Crippen LogP contribution is -2.13. The van der Waals surface area contributed by atoms with Crippen molar-refractivity contribution in [1.82, 2.24) is 0 Å². The SMILES string of the molecule is NC(=O)c1cc2c(cc1O)CC[C@H]2N. The van der Waals surface area contributed by atoms with Crippen LogP contribution >= 0.6 is 0 Å². The molecule has 0 radical (unpaired) electrons. The summed E-state index contributed by atoms with van der Waals surface area (Å²) in [6.07, 6.45) is 1.71. The van der Waals surface area contributed by atoms with Crippen molar-refractivity contribution in [3.63, 3.8) is 0 Å². The topological polar surface area (TPSA) is 89.3 Å². The molecule has 74 valence electrons. The molecule has 0 saturated heterocycles. The Bertz CT molecular complexity index is 401. The number of primary amides is 1. The van der Waals surface area contributed by atoms with Crippen LogP contribution in [0.3, 0.4) is 0 Å². The quantitative estimate of drug-likeness (QED) is 0.603. The Morgan fingerprint density at radius 3 is 2.86 bits per heavy atom. The molecule has 0 spiro atoms. The highest BCUT2D eigenvalue weighted by Gasteiger charge is 2.22. The Balaban J connectivity index is 2.57. The monoisotopic (exact) mass is 192 g/mol. The number of aromatic hydroxyl groups is 1. The van der Waals surface area contributed by atoms with Crippen LogP contribution in [0.25, 0.3) is 0 Å². The molecule has 5 N–H and O–H groups in total. The molecule has 0 saturated carbocycles. The van der Waals surface area contributed by atoms with E-state index in [4.69, 9.17) is 11.5 Å². The maximum absolute atomic E-state index is 10.9. The van der Waals surface area contributed by atoms with Crippen molar-refractivity contribution in [3.8, 4) is 5.75 Å². The van der Waals surface area contributed by atoms with Gasteiger partial charge in [0.2, 0.25) is 0 Å². The summed E-state index contributed by atoms with van der Waals surface area (Å²) in [7, 11) is 0. The summed E-state index contributed by atoms with van der Waals surface area (Å²) in [6, 6.07) is 3.15. The van der Waals surface area contributed by atoms with Crippen LogP contribution in [-0.2, 0) is 6.42 Å². The van der Waals surface area contributed by atoms with Crippen LogP contribution in [0, 0.1) is 0 Å². The number of carbonyl (C=O) groups is 1. The van der Waals surface area contributed by atoms with Crippen LogP contribution in [0.1, 0.15) is 33.9 Å². The van der Waals surface area contributed by atoms with Gasteiger partial charge in [0.05, 0.1) is 5.56 Å². The van der Waals surface area contributed by atoms with E-state index in [1.54, 1.807) is 12.1 Å². The number of fused-ring (bicyclic) bond motifs is 1. The van der Waals surface area contributed by atoms with E-state index in [2.05, 4.69) is 0 Å². The number of nitrogens with two attached hydrogens (primary N) is 2. The molecule has 1 amide bonds. The zero-order chi connectivity index (χ0) is 10.3. The summed E-state index contributed by atoms with van der Waals surface area (Å²) < 4.78 is 0. The summed E-state index contributed by atoms with van der Waals surface area (Å²) in [6.45, 7) is 0. The number of hydrogen-bond acceptors (Lipinski definition) is 3. The summed E-state index contributed by atoms with van der Waals surface area (Å²) in [5.74, 6) is -0.672. The van der Waals surface area contributed by atoms with E-state index in [1.807, 2.05) is 0 Å². The molecule has 0 fully saturated rings. The predicted octanol–water partition coefficient (Wildman–Crippen LogP) is 0.437. The van der Waals surface area contributed by atoms with Gasteiger partial charge in [0.15, 0.2) is 0 Å². The van der Waals surface area contributed by atoms with Gasteiger partial charge in [0.1, 0.15) is 5.75 Å². The molecule has 1 aliphatic carbocycles. The van der Waals surface area contributed by atoms with E-state index in [9.17, 15) is 9.90 Å². The normalized spacial score (nSPS) is 19.4. The standard InChI is InChI=1S/C10H12N2O2/c11-8-2-1-5-3-9(13)7(10(12)14)4-6(5)8/h3-4,8,13H,1-2,11H2,(H2,12,14)/t8-/m1/s1. The van der Waals surface area contributed by atoms with Gasteiger partial charge in [-0.25, -0.2) is 0 Å². The van der Waals surface area contributed by atoms with E-state index in [-0.39, 0.29) is 17.4 Å². The first-order valence-electron chi connectivity index (χ1n) is 4.50. The molecule has 1 atom stereocenters. The first kappa shape index (κ1) is 9.02. The fourth-order valence-electron chi connectivity index (χ4n) is 1.87. The minimum absolute atomic E-state index is 0.0382. The van der Waals surface area contributed by atoms with E-state index in [0.29, 0.717) is 0 Å². The van der Waals surface area contributed by atoms with Crippen molar-refractivity contribution in [2.75, 3.05) is 0 Å². The maximum Gasteiger partial charge on any atom is 0.252 e. The molecule has 4 heteroatoms. The van der Waals surface area contributed by atoms with Crippen LogP contribution in [0.5, 0.6) is 5.75 Å². The van der Waals surface area contributed by atoms with E-state index >= 15 is 0 Å². The van der Waals surface area contributed by atoms with Gasteiger partial charge in [-0.1, -0.05) is 0 Å². The lowest BCUT2D eigenvalue weighted by molar-refractivity contribution is 0.0997. The number of rotatable bonds is 1. The summed E-state index contributed by atoms with van der Waals surface area (Å²) in [5.41, 5.74) is 13.0. The third-order valence-electron chi connectivity index (χ3n) is 2.65. The van der Waals surface area contributed by atoms with Crippen LogP contribution in [0.15, 0.2) is 12.1 Å². The smallest absolute Gasteiger partial charge is 0.252 e. The Labute approximate surface area is 81.5 Å². The van der Waals surface area contributed by atoms with Gasteiger partial charge in [-0.3, -0.25) is 4.79 Å². The Kier molecular flexibility index (Phi) is 1.93. The van der Waals surface area contributed by atoms with E-state index in [0.717, 1.165) is 24.0 Å². The number of phenols is 1. The molecule has 0 bridgehead atoms. The van der Waals surface area contributed by atoms with Crippen molar-refractivity contribution in [2.45, 2.75) is 18.9 Å². The molecule has 1 aliphatic rings. The van der Waals surface area contributed by atoms with Crippen molar-refractivity contribution in [1.29, 1.82) is 0 Å². The molecule has 14 heavy (non-hydrogen) atoms. The van der Waals surface area contributed by atoms with Gasteiger partial charge in [-0.2, -0.15) is 0 Å². The predicted molar refractivity (Wildman–Crippen MR) is 51.9 cm³/mol. The zero-order valence-corrected chi connectivity index (χ0v) is 7.66. The molecule has 2 rings (SSSR count). The van der Waals surface area contributed by atoms with E-state index in [1.165, 1.54) is 0 Å². The largest absolute Gasteiger partial charge is 0.507 e. The van der Waals surface area contributed by atoms with Crippen LogP contribution in [-0.4, -0.2) is 11.0 Å². The first-order valence-corrected chi connectivity index (χ1v) is 4.50. The van der Waals surface area contributed by atoms with Crippen LogP contribution in [0.2, 0.25) is 0 Å². The molecule has 0 unspecified atom stereocenters. The lowest BCUT2D eigenvalue weighted by atomic mass is 10.0.